The lowest BCUT2D eigenvalue weighted by Crippen LogP contribution is -2.15. The maximum Gasteiger partial charge on any atom is 0.119 e. The molecule has 0 bridgehead atoms. The third kappa shape index (κ3) is 12.6. The van der Waals surface area contributed by atoms with Crippen LogP contribution in [0.1, 0.15) is 26.7 Å². The zero-order valence-corrected chi connectivity index (χ0v) is 17.3. The second kappa shape index (κ2) is 16.8. The van der Waals surface area contributed by atoms with E-state index in [9.17, 15) is 0 Å². The van der Waals surface area contributed by atoms with Gasteiger partial charge in [0.15, 0.2) is 0 Å². The highest BCUT2D eigenvalue weighted by molar-refractivity contribution is 5.48. The molecule has 0 aliphatic carbocycles. The van der Waals surface area contributed by atoms with Crippen molar-refractivity contribution in [1.29, 1.82) is 0 Å². The van der Waals surface area contributed by atoms with Crippen molar-refractivity contribution in [3.63, 3.8) is 0 Å². The number of hydrogen-bond acceptors (Lipinski definition) is 6. The minimum Gasteiger partial charge on any atom is -0.491 e. The summed E-state index contributed by atoms with van der Waals surface area (Å²) in [4.78, 5) is 2.18. The maximum absolute atomic E-state index is 5.67. The van der Waals surface area contributed by atoms with Crippen molar-refractivity contribution >= 4 is 5.69 Å². The average Bonchev–Trinajstić information content (AvgIpc) is 2.70. The molecule has 0 aromatic heterocycles. The number of anilines is 1. The summed E-state index contributed by atoms with van der Waals surface area (Å²) in [6.07, 6.45) is 2.27. The number of nitrogens with zero attached hydrogens (tertiary/aromatic N) is 1. The van der Waals surface area contributed by atoms with Crippen molar-refractivity contribution in [3.8, 4) is 5.75 Å². The van der Waals surface area contributed by atoms with Crippen LogP contribution in [0.25, 0.3) is 0 Å². The van der Waals surface area contributed by atoms with E-state index in [1.165, 1.54) is 5.69 Å². The normalized spacial score (nSPS) is 10.9. The zero-order valence-electron chi connectivity index (χ0n) is 17.3. The Bertz CT molecular complexity index is 441. The first kappa shape index (κ1) is 23.7. The van der Waals surface area contributed by atoms with E-state index in [4.69, 9.17) is 23.7 Å². The molecule has 0 atom stereocenters. The molecule has 1 rings (SSSR count). The van der Waals surface area contributed by atoms with Crippen LogP contribution in [0.5, 0.6) is 5.75 Å². The lowest BCUT2D eigenvalue weighted by atomic mass is 10.3. The fraction of sp³-hybridized carbons (Fsp3) is 0.714. The summed E-state index contributed by atoms with van der Waals surface area (Å²) in [5, 5.41) is 0. The Hall–Kier alpha value is -1.34. The van der Waals surface area contributed by atoms with Crippen LogP contribution in [0.3, 0.4) is 0 Å². The minimum absolute atomic E-state index is 0.532. The molecule has 0 unspecified atom stereocenters. The first-order chi connectivity index (χ1) is 13.3. The molecule has 27 heavy (non-hydrogen) atoms. The Morgan fingerprint density at radius 3 is 1.63 bits per heavy atom. The quantitative estimate of drug-likeness (QED) is 0.362. The van der Waals surface area contributed by atoms with Gasteiger partial charge < -0.3 is 28.6 Å². The molecule has 0 aliphatic heterocycles. The SMILES string of the molecule is CCCCOCCOCCOCCOCCOc1ccc(N(C)CC)cc1. The molecular formula is C21H37NO5. The highest BCUT2D eigenvalue weighted by Crippen LogP contribution is 2.18. The predicted molar refractivity (Wildman–Crippen MR) is 109 cm³/mol. The topological polar surface area (TPSA) is 49.4 Å². The zero-order chi connectivity index (χ0) is 19.6. The monoisotopic (exact) mass is 383 g/mol. The first-order valence-corrected chi connectivity index (χ1v) is 10.0. The third-order valence-electron chi connectivity index (χ3n) is 4.01. The molecule has 0 radical (unpaired) electrons. The molecule has 0 aliphatic rings. The molecular weight excluding hydrogens is 346 g/mol. The molecule has 0 saturated heterocycles. The number of hydrogen-bond donors (Lipinski definition) is 0. The Balaban J connectivity index is 1.85. The van der Waals surface area contributed by atoms with Crippen molar-refractivity contribution in [3.05, 3.63) is 24.3 Å². The summed E-state index contributed by atoms with van der Waals surface area (Å²) < 4.78 is 27.5. The highest BCUT2D eigenvalue weighted by Gasteiger charge is 1.99. The average molecular weight is 384 g/mol. The number of ether oxygens (including phenoxy) is 5. The molecule has 0 amide bonds. The summed E-state index contributed by atoms with van der Waals surface area (Å²) in [7, 11) is 2.07. The Morgan fingerprint density at radius 2 is 1.15 bits per heavy atom. The summed E-state index contributed by atoms with van der Waals surface area (Å²) in [6.45, 7) is 10.7. The lowest BCUT2D eigenvalue weighted by molar-refractivity contribution is -0.00478. The number of benzene rings is 1. The summed E-state index contributed by atoms with van der Waals surface area (Å²) in [6, 6.07) is 8.10. The molecule has 0 spiro atoms. The molecule has 6 nitrogen and oxygen atoms in total. The molecule has 1 aromatic carbocycles. The number of rotatable bonds is 18. The second-order valence-electron chi connectivity index (χ2n) is 6.16. The van der Waals surface area contributed by atoms with Crippen LogP contribution < -0.4 is 9.64 Å². The van der Waals surface area contributed by atoms with Gasteiger partial charge in [-0.2, -0.15) is 0 Å². The van der Waals surface area contributed by atoms with Crippen LogP contribution >= 0.6 is 0 Å². The van der Waals surface area contributed by atoms with Gasteiger partial charge in [0.05, 0.1) is 46.2 Å². The van der Waals surface area contributed by atoms with Crippen LogP contribution in [0.2, 0.25) is 0 Å². The molecule has 6 heteroatoms. The summed E-state index contributed by atoms with van der Waals surface area (Å²) in [5.41, 5.74) is 1.19. The van der Waals surface area contributed by atoms with E-state index < -0.39 is 0 Å². The first-order valence-electron chi connectivity index (χ1n) is 10.0. The Labute approximate surface area is 164 Å². The summed E-state index contributed by atoms with van der Waals surface area (Å²) in [5.74, 6) is 0.860. The van der Waals surface area contributed by atoms with Gasteiger partial charge in [0, 0.05) is 25.9 Å². The maximum atomic E-state index is 5.67. The van der Waals surface area contributed by atoms with Crippen molar-refractivity contribution in [1.82, 2.24) is 0 Å². The van der Waals surface area contributed by atoms with Crippen LogP contribution in [0, 0.1) is 0 Å². The van der Waals surface area contributed by atoms with Crippen molar-refractivity contribution in [2.45, 2.75) is 26.7 Å². The van der Waals surface area contributed by atoms with Crippen molar-refractivity contribution < 1.29 is 23.7 Å². The molecule has 0 saturated carbocycles. The lowest BCUT2D eigenvalue weighted by Gasteiger charge is -2.17. The molecule has 0 heterocycles. The predicted octanol–water partition coefficient (Wildman–Crippen LogP) is 3.39. The van der Waals surface area contributed by atoms with Gasteiger partial charge in [0.25, 0.3) is 0 Å². The van der Waals surface area contributed by atoms with E-state index in [0.29, 0.717) is 52.9 Å². The van der Waals surface area contributed by atoms with E-state index >= 15 is 0 Å². The van der Waals surface area contributed by atoms with E-state index in [1.54, 1.807) is 0 Å². The van der Waals surface area contributed by atoms with E-state index in [-0.39, 0.29) is 0 Å². The van der Waals surface area contributed by atoms with Gasteiger partial charge in [-0.05, 0) is 37.6 Å². The van der Waals surface area contributed by atoms with Gasteiger partial charge in [-0.3, -0.25) is 0 Å². The van der Waals surface area contributed by atoms with Gasteiger partial charge in [0.2, 0.25) is 0 Å². The minimum atomic E-state index is 0.532. The molecule has 0 fully saturated rings. The fourth-order valence-electron chi connectivity index (χ4n) is 2.21. The fourth-order valence-corrected chi connectivity index (χ4v) is 2.21. The van der Waals surface area contributed by atoms with Crippen molar-refractivity contribution in [2.24, 2.45) is 0 Å². The van der Waals surface area contributed by atoms with Gasteiger partial charge in [0.1, 0.15) is 12.4 Å². The van der Waals surface area contributed by atoms with Gasteiger partial charge in [-0.25, -0.2) is 0 Å². The van der Waals surface area contributed by atoms with Crippen LogP contribution in [0.15, 0.2) is 24.3 Å². The largest absolute Gasteiger partial charge is 0.491 e. The highest BCUT2D eigenvalue weighted by atomic mass is 16.6. The van der Waals surface area contributed by atoms with Crippen molar-refractivity contribution in [2.75, 3.05) is 78.0 Å². The molecule has 0 N–H and O–H groups in total. The Kier molecular flexibility index (Phi) is 14.8. The van der Waals surface area contributed by atoms with Crippen LogP contribution in [0.4, 0.5) is 5.69 Å². The Morgan fingerprint density at radius 1 is 0.667 bits per heavy atom. The smallest absolute Gasteiger partial charge is 0.119 e. The van der Waals surface area contributed by atoms with Gasteiger partial charge >= 0.3 is 0 Å². The van der Waals surface area contributed by atoms with Gasteiger partial charge in [-0.15, -0.1) is 0 Å². The van der Waals surface area contributed by atoms with E-state index in [0.717, 1.165) is 31.7 Å². The molecule has 1 aromatic rings. The third-order valence-corrected chi connectivity index (χ3v) is 4.01. The van der Waals surface area contributed by atoms with Crippen LogP contribution in [-0.2, 0) is 18.9 Å². The van der Waals surface area contributed by atoms with E-state index in [1.807, 2.05) is 12.1 Å². The molecule has 156 valence electrons. The standard InChI is InChI=1S/C21H37NO5/c1-4-6-11-23-12-13-24-14-15-25-16-17-26-18-19-27-21-9-7-20(8-10-21)22(3)5-2/h7-10H,4-6,11-19H2,1-3H3. The number of unbranched alkanes of at least 4 members (excludes halogenated alkanes) is 1. The van der Waals surface area contributed by atoms with E-state index in [2.05, 4.69) is 37.9 Å². The van der Waals surface area contributed by atoms with Crippen LogP contribution in [-0.4, -0.2) is 73.1 Å². The second-order valence-corrected chi connectivity index (χ2v) is 6.16. The van der Waals surface area contributed by atoms with Gasteiger partial charge in [-0.1, -0.05) is 13.3 Å². The summed E-state index contributed by atoms with van der Waals surface area (Å²) >= 11 is 0.